The maximum atomic E-state index is 12.1. The second-order valence-electron chi connectivity index (χ2n) is 10.4. The van der Waals surface area contributed by atoms with Crippen LogP contribution in [-0.2, 0) is 4.79 Å². The molecule has 4 aliphatic rings. The van der Waals surface area contributed by atoms with Crippen LogP contribution in [0.1, 0.15) is 77.2 Å². The summed E-state index contributed by atoms with van der Waals surface area (Å²) in [5.74, 6) is 8.94. The quantitative estimate of drug-likeness (QED) is 0.451. The number of nitrogens with two attached hydrogens (primary N) is 1. The van der Waals surface area contributed by atoms with E-state index in [9.17, 15) is 4.79 Å². The lowest BCUT2D eigenvalue weighted by molar-refractivity contribution is -0.114. The number of carbonyl (C=O) groups excluding carboxylic acids is 1. The molecule has 0 amide bonds. The Morgan fingerprint density at radius 1 is 1.07 bits per heavy atom. The van der Waals surface area contributed by atoms with Crippen molar-refractivity contribution in [1.82, 2.24) is 0 Å². The minimum Gasteiger partial charge on any atom is -0.399 e. The van der Waals surface area contributed by atoms with Crippen LogP contribution in [0.5, 0.6) is 0 Å². The molecule has 0 saturated heterocycles. The lowest BCUT2D eigenvalue weighted by Gasteiger charge is -2.54. The van der Waals surface area contributed by atoms with Gasteiger partial charge in [-0.3, -0.25) is 4.79 Å². The van der Waals surface area contributed by atoms with Gasteiger partial charge in [-0.15, -0.1) is 5.92 Å². The summed E-state index contributed by atoms with van der Waals surface area (Å²) in [5, 5.41) is 0. The van der Waals surface area contributed by atoms with Gasteiger partial charge in [-0.1, -0.05) is 30.6 Å². The number of anilines is 1. The number of carbonyl (C=O) groups is 1. The SMILES string of the molecule is CC#C[C@]1(C)CCC2C3CCC4=CC(=O)CCC4=C3[C@@H](c3ccc(N)cc3)C[C@@]21C. The zero-order valence-corrected chi connectivity index (χ0v) is 18.6. The molecule has 0 heterocycles. The summed E-state index contributed by atoms with van der Waals surface area (Å²) in [5.41, 5.74) is 13.0. The second-order valence-corrected chi connectivity index (χ2v) is 10.4. The topological polar surface area (TPSA) is 43.1 Å². The summed E-state index contributed by atoms with van der Waals surface area (Å²) >= 11 is 0. The molecule has 2 heteroatoms. The highest BCUT2D eigenvalue weighted by Crippen LogP contribution is 2.69. The number of benzene rings is 1. The molecule has 156 valence electrons. The summed E-state index contributed by atoms with van der Waals surface area (Å²) in [6.45, 7) is 6.93. The summed E-state index contributed by atoms with van der Waals surface area (Å²) in [6, 6.07) is 8.57. The Morgan fingerprint density at radius 3 is 2.57 bits per heavy atom. The Kier molecular flexibility index (Phi) is 4.51. The van der Waals surface area contributed by atoms with E-state index < -0.39 is 0 Å². The van der Waals surface area contributed by atoms with Gasteiger partial charge in [0.1, 0.15) is 0 Å². The molecule has 30 heavy (non-hydrogen) atoms. The first-order valence-electron chi connectivity index (χ1n) is 11.6. The van der Waals surface area contributed by atoms with Crippen molar-refractivity contribution in [2.24, 2.45) is 22.7 Å². The highest BCUT2D eigenvalue weighted by Gasteiger charge is 2.60. The fourth-order valence-electron chi connectivity index (χ4n) is 7.41. The van der Waals surface area contributed by atoms with Crippen molar-refractivity contribution in [3.63, 3.8) is 0 Å². The summed E-state index contributed by atoms with van der Waals surface area (Å²) in [4.78, 5) is 12.1. The van der Waals surface area contributed by atoms with Crippen molar-refractivity contribution < 1.29 is 4.79 Å². The van der Waals surface area contributed by atoms with Gasteiger partial charge in [0.05, 0.1) is 0 Å². The van der Waals surface area contributed by atoms with Gasteiger partial charge in [0.15, 0.2) is 5.78 Å². The van der Waals surface area contributed by atoms with Gasteiger partial charge in [-0.2, -0.15) is 0 Å². The van der Waals surface area contributed by atoms with Crippen LogP contribution in [0.2, 0.25) is 0 Å². The van der Waals surface area contributed by atoms with E-state index >= 15 is 0 Å². The zero-order chi connectivity index (χ0) is 21.1. The molecule has 4 aliphatic carbocycles. The van der Waals surface area contributed by atoms with Crippen molar-refractivity contribution >= 4 is 11.5 Å². The van der Waals surface area contributed by atoms with Crippen LogP contribution >= 0.6 is 0 Å². The molecule has 2 unspecified atom stereocenters. The van der Waals surface area contributed by atoms with Crippen molar-refractivity contribution in [1.29, 1.82) is 0 Å². The summed E-state index contributed by atoms with van der Waals surface area (Å²) in [7, 11) is 0. The van der Waals surface area contributed by atoms with E-state index in [0.717, 1.165) is 24.9 Å². The van der Waals surface area contributed by atoms with Gasteiger partial charge in [0, 0.05) is 23.4 Å². The van der Waals surface area contributed by atoms with E-state index in [1.165, 1.54) is 36.0 Å². The average molecular weight is 400 g/mol. The normalized spacial score (nSPS) is 37.5. The van der Waals surface area contributed by atoms with Crippen LogP contribution in [0.3, 0.4) is 0 Å². The Bertz CT molecular complexity index is 1020. The van der Waals surface area contributed by atoms with Gasteiger partial charge in [-0.25, -0.2) is 0 Å². The zero-order valence-electron chi connectivity index (χ0n) is 18.6. The standard InChI is InChI=1S/C28H33NO/c1-4-14-27(2)15-13-25-23-11-7-19-16-21(30)10-12-22(19)26(23)24(17-28(25,27)3)18-5-8-20(29)9-6-18/h5-6,8-9,16,23-25H,7,10-13,15,17,29H2,1-3H3/t23?,24-,25?,27-,28+/m1/s1. The van der Waals surface area contributed by atoms with Crippen molar-refractivity contribution in [2.75, 3.05) is 5.73 Å². The van der Waals surface area contributed by atoms with Crippen LogP contribution in [0, 0.1) is 34.5 Å². The molecule has 2 nitrogen and oxygen atoms in total. The molecule has 2 fully saturated rings. The first-order valence-corrected chi connectivity index (χ1v) is 11.6. The number of nitrogen functional groups attached to an aromatic ring is 1. The van der Waals surface area contributed by atoms with E-state index in [2.05, 4.69) is 37.8 Å². The first kappa shape index (κ1) is 19.7. The Balaban J connectivity index is 1.69. The van der Waals surface area contributed by atoms with Crippen molar-refractivity contribution in [3.05, 3.63) is 52.6 Å². The van der Waals surface area contributed by atoms with E-state index in [0.29, 0.717) is 30.0 Å². The number of hydrogen-bond donors (Lipinski definition) is 1. The van der Waals surface area contributed by atoms with Crippen LogP contribution in [-0.4, -0.2) is 5.78 Å². The van der Waals surface area contributed by atoms with Crippen molar-refractivity contribution in [2.45, 2.75) is 71.6 Å². The Morgan fingerprint density at radius 2 is 1.83 bits per heavy atom. The van der Waals surface area contributed by atoms with Gasteiger partial charge in [-0.05, 0) is 105 Å². The lowest BCUT2D eigenvalue weighted by atomic mass is 9.49. The fourth-order valence-corrected chi connectivity index (χ4v) is 7.41. The largest absolute Gasteiger partial charge is 0.399 e. The highest BCUT2D eigenvalue weighted by molar-refractivity contribution is 5.93. The summed E-state index contributed by atoms with van der Waals surface area (Å²) < 4.78 is 0. The van der Waals surface area contributed by atoms with Gasteiger partial charge in [0.25, 0.3) is 0 Å². The molecule has 5 rings (SSSR count). The van der Waals surface area contributed by atoms with E-state index in [4.69, 9.17) is 5.73 Å². The molecule has 0 spiro atoms. The molecule has 0 aliphatic heterocycles. The van der Waals surface area contributed by atoms with E-state index in [1.807, 2.05) is 25.1 Å². The smallest absolute Gasteiger partial charge is 0.156 e. The second kappa shape index (κ2) is 6.88. The number of ketones is 1. The van der Waals surface area contributed by atoms with Crippen molar-refractivity contribution in [3.8, 4) is 11.8 Å². The average Bonchev–Trinajstić information content (AvgIpc) is 2.98. The third-order valence-corrected chi connectivity index (χ3v) is 9.08. The van der Waals surface area contributed by atoms with Crippen LogP contribution in [0.25, 0.3) is 0 Å². The molecule has 2 N–H and O–H groups in total. The highest BCUT2D eigenvalue weighted by atomic mass is 16.1. The minimum atomic E-state index is 0.0767. The Labute approximate surface area is 181 Å². The predicted octanol–water partition coefficient (Wildman–Crippen LogP) is 6.20. The fraction of sp³-hybridized carbons (Fsp3) is 0.536. The molecule has 5 atom stereocenters. The molecule has 2 saturated carbocycles. The first-order chi connectivity index (χ1) is 14.4. The number of rotatable bonds is 1. The third kappa shape index (κ3) is 2.74. The van der Waals surface area contributed by atoms with Crippen LogP contribution in [0.15, 0.2) is 47.1 Å². The molecular weight excluding hydrogens is 366 g/mol. The van der Waals surface area contributed by atoms with Gasteiger partial charge in [0.2, 0.25) is 0 Å². The molecule has 0 aromatic heterocycles. The van der Waals surface area contributed by atoms with Crippen LogP contribution in [0.4, 0.5) is 5.69 Å². The monoisotopic (exact) mass is 399 g/mol. The summed E-state index contributed by atoms with van der Waals surface area (Å²) in [6.07, 6.45) is 9.41. The number of allylic oxidation sites excluding steroid dienone is 4. The molecule has 1 aromatic carbocycles. The third-order valence-electron chi connectivity index (χ3n) is 9.08. The maximum absolute atomic E-state index is 12.1. The van der Waals surface area contributed by atoms with Gasteiger partial charge < -0.3 is 5.73 Å². The van der Waals surface area contributed by atoms with E-state index in [1.54, 1.807) is 5.57 Å². The molecular formula is C28H33NO. The number of fused-ring (bicyclic) bond motifs is 4. The van der Waals surface area contributed by atoms with Crippen LogP contribution < -0.4 is 5.73 Å². The predicted molar refractivity (Wildman–Crippen MR) is 123 cm³/mol. The lowest BCUT2D eigenvalue weighted by Crippen LogP contribution is -2.46. The van der Waals surface area contributed by atoms with Gasteiger partial charge >= 0.3 is 0 Å². The maximum Gasteiger partial charge on any atom is 0.156 e. The Hall–Kier alpha value is -2.27. The molecule has 0 radical (unpaired) electrons. The number of hydrogen-bond acceptors (Lipinski definition) is 2. The molecule has 1 aromatic rings. The van der Waals surface area contributed by atoms with E-state index in [-0.39, 0.29) is 10.8 Å². The molecule has 0 bridgehead atoms. The minimum absolute atomic E-state index is 0.0767.